The van der Waals surface area contributed by atoms with Gasteiger partial charge in [-0.05, 0) is 55.9 Å². The molecule has 1 aliphatic carbocycles. The molecule has 0 saturated heterocycles. The Morgan fingerprint density at radius 3 is 2.43 bits per heavy atom. The fourth-order valence-corrected chi connectivity index (χ4v) is 3.47. The third-order valence-corrected chi connectivity index (χ3v) is 5.36. The fourth-order valence-electron chi connectivity index (χ4n) is 2.77. The van der Waals surface area contributed by atoms with E-state index in [9.17, 15) is 14.7 Å². The van der Waals surface area contributed by atoms with Crippen molar-refractivity contribution in [1.29, 1.82) is 0 Å². The van der Waals surface area contributed by atoms with E-state index in [1.165, 1.54) is 11.8 Å². The second-order valence-corrected chi connectivity index (χ2v) is 7.13. The van der Waals surface area contributed by atoms with Crippen LogP contribution in [0.2, 0.25) is 0 Å². The van der Waals surface area contributed by atoms with Gasteiger partial charge in [-0.1, -0.05) is 6.92 Å². The number of hydrogen-bond acceptors (Lipinski definition) is 4. The van der Waals surface area contributed by atoms with Crippen LogP contribution in [-0.2, 0) is 9.59 Å². The van der Waals surface area contributed by atoms with Crippen LogP contribution >= 0.6 is 11.8 Å². The summed E-state index contributed by atoms with van der Waals surface area (Å²) in [4.78, 5) is 24.8. The number of carboxylic acid groups (broad SMARTS) is 1. The lowest BCUT2D eigenvalue weighted by Crippen LogP contribution is -2.56. The Kier molecular flexibility index (Phi) is 5.93. The molecule has 0 unspecified atom stereocenters. The van der Waals surface area contributed by atoms with Crippen molar-refractivity contribution in [3.05, 3.63) is 24.3 Å². The van der Waals surface area contributed by atoms with Crippen molar-refractivity contribution in [2.24, 2.45) is 5.92 Å². The Hall–Kier alpha value is -1.69. The molecule has 0 atom stereocenters. The maximum absolute atomic E-state index is 12.2. The van der Waals surface area contributed by atoms with Gasteiger partial charge in [-0.3, -0.25) is 4.79 Å². The van der Waals surface area contributed by atoms with Crippen molar-refractivity contribution >= 4 is 23.6 Å². The molecule has 0 radical (unpaired) electrons. The van der Waals surface area contributed by atoms with Gasteiger partial charge in [0.05, 0.1) is 12.9 Å². The smallest absolute Gasteiger partial charge is 0.329 e. The van der Waals surface area contributed by atoms with Gasteiger partial charge in [0, 0.05) is 4.90 Å². The van der Waals surface area contributed by atoms with Gasteiger partial charge in [0.15, 0.2) is 0 Å². The second-order valence-electron chi connectivity index (χ2n) is 6.08. The van der Waals surface area contributed by atoms with E-state index in [4.69, 9.17) is 4.74 Å². The van der Waals surface area contributed by atoms with E-state index < -0.39 is 11.5 Å². The number of rotatable bonds is 6. The highest BCUT2D eigenvalue weighted by Gasteiger charge is 2.42. The van der Waals surface area contributed by atoms with Crippen LogP contribution in [0, 0.1) is 5.92 Å². The van der Waals surface area contributed by atoms with E-state index in [1.54, 1.807) is 7.11 Å². The Bertz CT molecular complexity index is 550. The first kappa shape index (κ1) is 17.7. The minimum Gasteiger partial charge on any atom is -0.497 e. The Labute approximate surface area is 140 Å². The third kappa shape index (κ3) is 4.64. The quantitative estimate of drug-likeness (QED) is 0.781. The summed E-state index contributed by atoms with van der Waals surface area (Å²) in [6.45, 7) is 2.12. The van der Waals surface area contributed by atoms with E-state index in [1.807, 2.05) is 24.3 Å². The summed E-state index contributed by atoms with van der Waals surface area (Å²) in [5, 5.41) is 12.3. The fraction of sp³-hybridized carbons (Fsp3) is 0.529. The molecule has 0 bridgehead atoms. The molecule has 2 rings (SSSR count). The number of nitrogens with one attached hydrogen (secondary N) is 1. The van der Waals surface area contributed by atoms with Crippen LogP contribution in [0.25, 0.3) is 0 Å². The molecular formula is C17H23NO4S. The molecule has 23 heavy (non-hydrogen) atoms. The lowest BCUT2D eigenvalue weighted by molar-refractivity contribution is -0.149. The van der Waals surface area contributed by atoms with E-state index >= 15 is 0 Å². The van der Waals surface area contributed by atoms with Crippen molar-refractivity contribution in [1.82, 2.24) is 5.32 Å². The molecular weight excluding hydrogens is 314 g/mol. The molecule has 5 nitrogen and oxygen atoms in total. The van der Waals surface area contributed by atoms with Crippen LogP contribution in [0.1, 0.15) is 32.6 Å². The third-order valence-electron chi connectivity index (χ3n) is 4.35. The Balaban J connectivity index is 1.90. The molecule has 1 saturated carbocycles. The van der Waals surface area contributed by atoms with Crippen LogP contribution in [0.3, 0.4) is 0 Å². The molecule has 0 aliphatic heterocycles. The number of aliphatic carboxylic acids is 1. The molecule has 0 heterocycles. The molecule has 0 aromatic heterocycles. The van der Waals surface area contributed by atoms with Crippen LogP contribution in [0.15, 0.2) is 29.2 Å². The van der Waals surface area contributed by atoms with E-state index in [0.29, 0.717) is 18.8 Å². The van der Waals surface area contributed by atoms with Crippen molar-refractivity contribution in [2.45, 2.75) is 43.0 Å². The zero-order valence-corrected chi connectivity index (χ0v) is 14.3. The molecule has 1 amide bonds. The highest BCUT2D eigenvalue weighted by molar-refractivity contribution is 8.00. The molecule has 1 aromatic carbocycles. The van der Waals surface area contributed by atoms with Gasteiger partial charge in [0.2, 0.25) is 5.91 Å². The summed E-state index contributed by atoms with van der Waals surface area (Å²) in [5.41, 5.74) is -1.09. The average molecular weight is 337 g/mol. The largest absolute Gasteiger partial charge is 0.497 e. The number of amides is 1. The standard InChI is InChI=1S/C17H23NO4S/c1-12-7-9-17(10-8-12,16(20)21)18-15(19)11-23-14-5-3-13(22-2)4-6-14/h3-6,12H,7-11H2,1-2H3,(H,18,19)(H,20,21). The van der Waals surface area contributed by atoms with Crippen molar-refractivity contribution in [3.63, 3.8) is 0 Å². The second kappa shape index (κ2) is 7.73. The maximum Gasteiger partial charge on any atom is 0.329 e. The number of carbonyl (C=O) groups is 2. The summed E-state index contributed by atoms with van der Waals surface area (Å²) in [6.07, 6.45) is 2.67. The van der Waals surface area contributed by atoms with Gasteiger partial charge >= 0.3 is 5.97 Å². The number of hydrogen-bond donors (Lipinski definition) is 2. The predicted octanol–water partition coefficient (Wildman–Crippen LogP) is 2.94. The lowest BCUT2D eigenvalue weighted by atomic mass is 9.77. The summed E-state index contributed by atoms with van der Waals surface area (Å²) < 4.78 is 5.09. The molecule has 6 heteroatoms. The van der Waals surface area contributed by atoms with Gasteiger partial charge in [-0.2, -0.15) is 0 Å². The monoisotopic (exact) mass is 337 g/mol. The SMILES string of the molecule is COc1ccc(SCC(=O)NC2(C(=O)O)CCC(C)CC2)cc1. The first-order chi connectivity index (χ1) is 10.9. The molecule has 1 aromatic rings. The minimum absolute atomic E-state index is 0.205. The molecule has 1 aliphatic rings. The number of benzene rings is 1. The zero-order chi connectivity index (χ0) is 16.9. The topological polar surface area (TPSA) is 75.6 Å². The number of carboxylic acids is 1. The molecule has 126 valence electrons. The van der Waals surface area contributed by atoms with E-state index in [2.05, 4.69) is 12.2 Å². The number of carbonyl (C=O) groups excluding carboxylic acids is 1. The van der Waals surface area contributed by atoms with Crippen LogP contribution < -0.4 is 10.1 Å². The van der Waals surface area contributed by atoms with Gasteiger partial charge in [0.1, 0.15) is 11.3 Å². The highest BCUT2D eigenvalue weighted by atomic mass is 32.2. The average Bonchev–Trinajstić information content (AvgIpc) is 2.55. The van der Waals surface area contributed by atoms with Crippen LogP contribution in [0.4, 0.5) is 0 Å². The first-order valence-corrected chi connectivity index (χ1v) is 8.75. The van der Waals surface area contributed by atoms with Crippen molar-refractivity contribution < 1.29 is 19.4 Å². The zero-order valence-electron chi connectivity index (χ0n) is 13.5. The Morgan fingerprint density at radius 1 is 1.30 bits per heavy atom. The van der Waals surface area contributed by atoms with Crippen LogP contribution in [0.5, 0.6) is 5.75 Å². The van der Waals surface area contributed by atoms with Gasteiger partial charge in [-0.15, -0.1) is 11.8 Å². The van der Waals surface area contributed by atoms with Crippen molar-refractivity contribution in [3.8, 4) is 5.75 Å². The molecule has 1 fully saturated rings. The summed E-state index contributed by atoms with van der Waals surface area (Å²) in [7, 11) is 1.60. The normalized spacial score (nSPS) is 24.0. The Morgan fingerprint density at radius 2 is 1.91 bits per heavy atom. The number of ether oxygens (including phenoxy) is 1. The van der Waals surface area contributed by atoms with Gasteiger partial charge in [-0.25, -0.2) is 4.79 Å². The number of methoxy groups -OCH3 is 1. The summed E-state index contributed by atoms with van der Waals surface area (Å²) in [6, 6.07) is 7.43. The predicted molar refractivity (Wildman–Crippen MR) is 89.9 cm³/mol. The number of thioether (sulfide) groups is 1. The minimum atomic E-state index is -1.09. The van der Waals surface area contributed by atoms with Crippen LogP contribution in [-0.4, -0.2) is 35.4 Å². The van der Waals surface area contributed by atoms with E-state index in [-0.39, 0.29) is 11.7 Å². The molecule has 0 spiro atoms. The van der Waals surface area contributed by atoms with E-state index in [0.717, 1.165) is 23.5 Å². The highest BCUT2D eigenvalue weighted by Crippen LogP contribution is 2.32. The summed E-state index contributed by atoms with van der Waals surface area (Å²) in [5.74, 6) is 0.333. The maximum atomic E-state index is 12.2. The van der Waals surface area contributed by atoms with Gasteiger partial charge in [0.25, 0.3) is 0 Å². The van der Waals surface area contributed by atoms with Crippen molar-refractivity contribution in [2.75, 3.05) is 12.9 Å². The summed E-state index contributed by atoms with van der Waals surface area (Å²) >= 11 is 1.39. The lowest BCUT2D eigenvalue weighted by Gasteiger charge is -2.36. The first-order valence-electron chi connectivity index (χ1n) is 7.76. The van der Waals surface area contributed by atoms with Gasteiger partial charge < -0.3 is 15.2 Å². The molecule has 2 N–H and O–H groups in total.